The molecule has 1 aliphatic rings. The van der Waals surface area contributed by atoms with E-state index in [0.717, 1.165) is 37.9 Å². The van der Waals surface area contributed by atoms with Gasteiger partial charge in [-0.2, -0.15) is 0 Å². The van der Waals surface area contributed by atoms with Crippen LogP contribution >= 0.6 is 0 Å². The molecule has 0 amide bonds. The topological polar surface area (TPSA) is 29.5 Å². The van der Waals surface area contributed by atoms with E-state index in [2.05, 4.69) is 32.0 Å². The Labute approximate surface area is 110 Å². The van der Waals surface area contributed by atoms with Gasteiger partial charge in [0.25, 0.3) is 0 Å². The summed E-state index contributed by atoms with van der Waals surface area (Å²) >= 11 is 0. The monoisotopic (exact) mass is 248 g/mol. The van der Waals surface area contributed by atoms with Crippen LogP contribution in [0.4, 0.5) is 0 Å². The average Bonchev–Trinajstić information content (AvgIpc) is 2.85. The number of hydrogen-bond donors (Lipinski definition) is 1. The first-order chi connectivity index (χ1) is 8.60. The number of benzene rings is 1. The molecule has 0 spiro atoms. The molecule has 1 fully saturated rings. The van der Waals surface area contributed by atoms with Crippen LogP contribution in [0.1, 0.15) is 56.4 Å². The molecule has 1 aromatic carbocycles. The van der Waals surface area contributed by atoms with Crippen molar-refractivity contribution >= 4 is 0 Å². The van der Waals surface area contributed by atoms with E-state index < -0.39 is 11.7 Å². The second-order valence-electron chi connectivity index (χ2n) is 5.40. The molecule has 2 atom stereocenters. The Hall–Kier alpha value is -0.860. The van der Waals surface area contributed by atoms with E-state index >= 15 is 0 Å². The van der Waals surface area contributed by atoms with E-state index in [1.807, 2.05) is 6.92 Å². The summed E-state index contributed by atoms with van der Waals surface area (Å²) in [6.07, 6.45) is 3.53. The van der Waals surface area contributed by atoms with Crippen LogP contribution in [0.2, 0.25) is 0 Å². The van der Waals surface area contributed by atoms with Crippen LogP contribution in [-0.2, 0) is 17.6 Å². The normalized spacial score (nSPS) is 25.3. The molecule has 0 bridgehead atoms. The van der Waals surface area contributed by atoms with Gasteiger partial charge in [0.15, 0.2) is 0 Å². The van der Waals surface area contributed by atoms with Crippen LogP contribution in [-0.4, -0.2) is 17.3 Å². The maximum absolute atomic E-state index is 10.5. The lowest BCUT2D eigenvalue weighted by Gasteiger charge is -2.30. The van der Waals surface area contributed by atoms with Crippen molar-refractivity contribution in [3.05, 3.63) is 34.9 Å². The van der Waals surface area contributed by atoms with E-state index in [1.165, 1.54) is 11.1 Å². The molecule has 0 saturated carbocycles. The van der Waals surface area contributed by atoms with Crippen molar-refractivity contribution in [3.63, 3.8) is 0 Å². The highest BCUT2D eigenvalue weighted by Gasteiger charge is 2.38. The lowest BCUT2D eigenvalue weighted by Crippen LogP contribution is -2.32. The van der Waals surface area contributed by atoms with Gasteiger partial charge in [-0.3, -0.25) is 0 Å². The first-order valence-corrected chi connectivity index (χ1v) is 7.04. The summed E-state index contributed by atoms with van der Waals surface area (Å²) < 4.78 is 5.74. The summed E-state index contributed by atoms with van der Waals surface area (Å²) in [6.45, 7) is 7.12. The van der Waals surface area contributed by atoms with Gasteiger partial charge >= 0.3 is 0 Å². The second-order valence-corrected chi connectivity index (χ2v) is 5.40. The number of ether oxygens (including phenoxy) is 1. The van der Waals surface area contributed by atoms with Crippen LogP contribution in [0.25, 0.3) is 0 Å². The fourth-order valence-corrected chi connectivity index (χ4v) is 2.86. The molecule has 2 heteroatoms. The minimum atomic E-state index is -0.517. The molecule has 0 radical (unpaired) electrons. The Morgan fingerprint density at radius 2 is 2.00 bits per heavy atom. The Morgan fingerprint density at radius 3 is 2.56 bits per heavy atom. The van der Waals surface area contributed by atoms with Gasteiger partial charge in [0.2, 0.25) is 0 Å². The maximum atomic E-state index is 10.5. The lowest BCUT2D eigenvalue weighted by atomic mass is 9.88. The van der Waals surface area contributed by atoms with Crippen LogP contribution in [0.5, 0.6) is 0 Å². The van der Waals surface area contributed by atoms with Crippen molar-refractivity contribution in [3.8, 4) is 0 Å². The van der Waals surface area contributed by atoms with Gasteiger partial charge in [0, 0.05) is 6.61 Å². The molecule has 2 nitrogen and oxygen atoms in total. The molecule has 2 unspecified atom stereocenters. The predicted molar refractivity (Wildman–Crippen MR) is 73.7 cm³/mol. The van der Waals surface area contributed by atoms with Crippen molar-refractivity contribution in [2.24, 2.45) is 0 Å². The molecule has 100 valence electrons. The first-order valence-electron chi connectivity index (χ1n) is 7.04. The van der Waals surface area contributed by atoms with Crippen molar-refractivity contribution in [1.29, 1.82) is 0 Å². The molecule has 1 N–H and O–H groups in total. The molecule has 1 aliphatic heterocycles. The Morgan fingerprint density at radius 1 is 1.28 bits per heavy atom. The highest BCUT2D eigenvalue weighted by molar-refractivity contribution is 5.34. The molecule has 0 aromatic heterocycles. The van der Waals surface area contributed by atoms with Gasteiger partial charge in [-0.1, -0.05) is 32.0 Å². The van der Waals surface area contributed by atoms with Crippen molar-refractivity contribution in [2.75, 3.05) is 6.61 Å². The van der Waals surface area contributed by atoms with Crippen molar-refractivity contribution in [2.45, 2.75) is 58.2 Å². The van der Waals surface area contributed by atoms with Gasteiger partial charge in [-0.25, -0.2) is 0 Å². The Balaban J connectivity index is 2.27. The molecular weight excluding hydrogens is 224 g/mol. The molecule has 18 heavy (non-hydrogen) atoms. The van der Waals surface area contributed by atoms with Gasteiger partial charge in [0.1, 0.15) is 6.10 Å². The fourth-order valence-electron chi connectivity index (χ4n) is 2.86. The lowest BCUT2D eigenvalue weighted by molar-refractivity contribution is -0.0796. The summed E-state index contributed by atoms with van der Waals surface area (Å²) in [4.78, 5) is 0. The quantitative estimate of drug-likeness (QED) is 0.884. The molecule has 0 aliphatic carbocycles. The standard InChI is InChI=1S/C16H24O2/c1-4-12-7-8-14(11-13(12)5-2)15(17)16(3)9-6-10-18-16/h7-8,11,15,17H,4-6,9-10H2,1-3H3. The molecule has 1 saturated heterocycles. The van der Waals surface area contributed by atoms with E-state index in [1.54, 1.807) is 0 Å². The van der Waals surface area contributed by atoms with Gasteiger partial charge in [-0.15, -0.1) is 0 Å². The number of hydrogen-bond acceptors (Lipinski definition) is 2. The average molecular weight is 248 g/mol. The van der Waals surface area contributed by atoms with Crippen LogP contribution in [0.3, 0.4) is 0 Å². The maximum Gasteiger partial charge on any atom is 0.108 e. The minimum Gasteiger partial charge on any atom is -0.385 e. The van der Waals surface area contributed by atoms with E-state index in [9.17, 15) is 5.11 Å². The Kier molecular flexibility index (Phi) is 4.08. The number of aliphatic hydroxyl groups is 1. The number of rotatable bonds is 4. The molecule has 1 heterocycles. The summed E-state index contributed by atoms with van der Waals surface area (Å²) in [7, 11) is 0. The number of aryl methyl sites for hydroxylation is 2. The van der Waals surface area contributed by atoms with Gasteiger partial charge < -0.3 is 9.84 Å². The smallest absolute Gasteiger partial charge is 0.108 e. The number of aliphatic hydroxyl groups excluding tert-OH is 1. The third-order valence-electron chi connectivity index (χ3n) is 4.14. The Bertz CT molecular complexity index is 406. The molecular formula is C16H24O2. The summed E-state index contributed by atoms with van der Waals surface area (Å²) in [5, 5.41) is 10.5. The largest absolute Gasteiger partial charge is 0.385 e. The molecule has 2 rings (SSSR count). The summed E-state index contributed by atoms with van der Waals surface area (Å²) in [6, 6.07) is 6.35. The van der Waals surface area contributed by atoms with Crippen LogP contribution in [0, 0.1) is 0 Å². The van der Waals surface area contributed by atoms with Crippen molar-refractivity contribution in [1.82, 2.24) is 0 Å². The van der Waals surface area contributed by atoms with E-state index in [0.29, 0.717) is 0 Å². The van der Waals surface area contributed by atoms with Gasteiger partial charge in [0.05, 0.1) is 5.60 Å². The second kappa shape index (κ2) is 5.41. The van der Waals surface area contributed by atoms with E-state index in [4.69, 9.17) is 4.74 Å². The predicted octanol–water partition coefficient (Wildman–Crippen LogP) is 3.41. The SMILES string of the molecule is CCc1ccc(C(O)C2(C)CCCO2)cc1CC. The highest BCUT2D eigenvalue weighted by atomic mass is 16.5. The van der Waals surface area contributed by atoms with Gasteiger partial charge in [-0.05, 0) is 49.3 Å². The zero-order chi connectivity index (χ0) is 13.2. The van der Waals surface area contributed by atoms with E-state index in [-0.39, 0.29) is 0 Å². The van der Waals surface area contributed by atoms with Crippen LogP contribution in [0.15, 0.2) is 18.2 Å². The summed E-state index contributed by atoms with van der Waals surface area (Å²) in [5.74, 6) is 0. The first kappa shape index (κ1) is 13.6. The summed E-state index contributed by atoms with van der Waals surface area (Å²) in [5.41, 5.74) is 3.31. The van der Waals surface area contributed by atoms with Crippen molar-refractivity contribution < 1.29 is 9.84 Å². The molecule has 1 aromatic rings. The minimum absolute atomic E-state index is 0.404. The zero-order valence-corrected chi connectivity index (χ0v) is 11.7. The third-order valence-corrected chi connectivity index (χ3v) is 4.14. The highest BCUT2D eigenvalue weighted by Crippen LogP contribution is 2.37. The fraction of sp³-hybridized carbons (Fsp3) is 0.625. The zero-order valence-electron chi connectivity index (χ0n) is 11.7. The third kappa shape index (κ3) is 2.45. The van der Waals surface area contributed by atoms with Crippen LogP contribution < -0.4 is 0 Å².